The van der Waals surface area contributed by atoms with Crippen molar-refractivity contribution in [3.63, 3.8) is 0 Å². The molecule has 7 rings (SSSR count). The number of carbonyl (C=O) groups is 3. The van der Waals surface area contributed by atoms with E-state index in [9.17, 15) is 18.8 Å². The van der Waals surface area contributed by atoms with Gasteiger partial charge in [0.1, 0.15) is 34.5 Å². The van der Waals surface area contributed by atoms with Gasteiger partial charge in [0.15, 0.2) is 17.1 Å². The molecule has 13 heteroatoms. The topological polar surface area (TPSA) is 128 Å². The number of likely N-dealkylation sites (tertiary alicyclic amines) is 1. The molecule has 0 saturated carbocycles. The number of fused-ring (bicyclic) bond motifs is 8. The molecule has 1 fully saturated rings. The van der Waals surface area contributed by atoms with E-state index in [0.717, 1.165) is 5.01 Å². The fraction of sp³-hybridized carbons (Fsp3) is 0.314. The van der Waals surface area contributed by atoms with Crippen LogP contribution in [0, 0.1) is 19.7 Å². The third kappa shape index (κ3) is 7.20. The van der Waals surface area contributed by atoms with Gasteiger partial charge in [0.05, 0.1) is 24.4 Å². The summed E-state index contributed by atoms with van der Waals surface area (Å²) < 4.78 is 38.5. The molecule has 1 aromatic heterocycles. The predicted molar refractivity (Wildman–Crippen MR) is 176 cm³/mol. The number of ether oxygens (including phenoxy) is 4. The van der Waals surface area contributed by atoms with Crippen LogP contribution in [0.2, 0.25) is 0 Å². The quantitative estimate of drug-likeness (QED) is 0.297. The monoisotopic (exact) mass is 674 g/mol. The van der Waals surface area contributed by atoms with Crippen LogP contribution in [0.1, 0.15) is 49.1 Å². The van der Waals surface area contributed by atoms with Crippen molar-refractivity contribution in [1.82, 2.24) is 20.5 Å². The van der Waals surface area contributed by atoms with Crippen LogP contribution in [0.25, 0.3) is 0 Å². The highest BCUT2D eigenvalue weighted by Crippen LogP contribution is 2.35. The molecule has 0 unspecified atom stereocenters. The van der Waals surface area contributed by atoms with Crippen molar-refractivity contribution in [2.45, 2.75) is 38.8 Å². The normalized spacial score (nSPS) is 16.5. The van der Waals surface area contributed by atoms with Gasteiger partial charge in [0.25, 0.3) is 17.7 Å². The van der Waals surface area contributed by atoms with Gasteiger partial charge in [-0.2, -0.15) is 0 Å². The number of aryl methyl sites for hydroxylation is 2. The number of halogens is 1. The number of benzene rings is 3. The molecule has 250 valence electrons. The van der Waals surface area contributed by atoms with E-state index in [2.05, 4.69) is 15.6 Å². The zero-order valence-corrected chi connectivity index (χ0v) is 27.6. The summed E-state index contributed by atoms with van der Waals surface area (Å²) >= 11 is 1.35. The van der Waals surface area contributed by atoms with Crippen molar-refractivity contribution >= 4 is 29.1 Å². The highest BCUT2D eigenvalue weighted by atomic mass is 32.1. The number of piperidine rings is 1. The molecule has 0 atom stereocenters. The molecule has 0 radical (unpaired) electrons. The Balaban J connectivity index is 1.28. The Morgan fingerprint density at radius 1 is 0.979 bits per heavy atom. The largest absolute Gasteiger partial charge is 0.493 e. The fourth-order valence-electron chi connectivity index (χ4n) is 5.73. The maximum Gasteiger partial charge on any atom is 0.265 e. The molecule has 6 bridgehead atoms. The number of amides is 3. The summed E-state index contributed by atoms with van der Waals surface area (Å²) in [4.78, 5) is 46.9. The van der Waals surface area contributed by atoms with Gasteiger partial charge >= 0.3 is 0 Å². The van der Waals surface area contributed by atoms with Gasteiger partial charge in [-0.05, 0) is 74.0 Å². The van der Waals surface area contributed by atoms with Crippen molar-refractivity contribution in [3.8, 4) is 28.7 Å². The zero-order chi connectivity index (χ0) is 33.8. The highest BCUT2D eigenvalue weighted by Gasteiger charge is 2.45. The molecule has 3 aromatic carbocycles. The van der Waals surface area contributed by atoms with E-state index >= 15 is 0 Å². The first-order chi connectivity index (χ1) is 23.1. The van der Waals surface area contributed by atoms with Crippen LogP contribution in [0.4, 0.5) is 4.39 Å². The van der Waals surface area contributed by atoms with Crippen molar-refractivity contribution < 1.29 is 37.7 Å². The first-order valence-corrected chi connectivity index (χ1v) is 16.3. The Hall–Kier alpha value is -5.17. The summed E-state index contributed by atoms with van der Waals surface area (Å²) in [6.45, 7) is 4.66. The Bertz CT molecular complexity index is 1840. The van der Waals surface area contributed by atoms with E-state index in [1.54, 1.807) is 47.4 Å². The van der Waals surface area contributed by atoms with Crippen LogP contribution in [-0.4, -0.2) is 66.6 Å². The molecule has 3 aliphatic rings. The molecule has 1 saturated heterocycles. The zero-order valence-electron chi connectivity index (χ0n) is 26.8. The van der Waals surface area contributed by atoms with Gasteiger partial charge in [-0.25, -0.2) is 9.37 Å². The minimum atomic E-state index is -1.30. The molecule has 3 amide bonds. The molecule has 2 N–H and O–H groups in total. The molecule has 4 aromatic rings. The maximum absolute atomic E-state index is 14.8. The predicted octanol–water partition coefficient (Wildman–Crippen LogP) is 5.19. The van der Waals surface area contributed by atoms with Crippen molar-refractivity contribution in [3.05, 3.63) is 93.2 Å². The van der Waals surface area contributed by atoms with E-state index in [0.29, 0.717) is 38.9 Å². The van der Waals surface area contributed by atoms with Crippen LogP contribution in [0.3, 0.4) is 0 Å². The molecule has 1 spiro atoms. The minimum Gasteiger partial charge on any atom is -0.493 e. The van der Waals surface area contributed by atoms with Gasteiger partial charge in [0.2, 0.25) is 0 Å². The number of hydrogen-bond acceptors (Lipinski definition) is 9. The lowest BCUT2D eigenvalue weighted by Crippen LogP contribution is -2.58. The maximum atomic E-state index is 14.8. The van der Waals surface area contributed by atoms with Crippen molar-refractivity contribution in [1.29, 1.82) is 0 Å². The molecule has 4 heterocycles. The lowest BCUT2D eigenvalue weighted by atomic mass is 9.89. The van der Waals surface area contributed by atoms with E-state index in [-0.39, 0.29) is 68.9 Å². The number of hydrogen-bond donors (Lipinski definition) is 2. The van der Waals surface area contributed by atoms with Crippen molar-refractivity contribution in [2.75, 3.05) is 33.4 Å². The third-order valence-corrected chi connectivity index (χ3v) is 9.26. The van der Waals surface area contributed by atoms with Gasteiger partial charge in [-0.15, -0.1) is 11.3 Å². The second-order valence-corrected chi connectivity index (χ2v) is 12.8. The smallest absolute Gasteiger partial charge is 0.265 e. The molecular weight excluding hydrogens is 639 g/mol. The number of aromatic nitrogens is 1. The summed E-state index contributed by atoms with van der Waals surface area (Å²) in [5.41, 5.74) is 0.139. The first-order valence-electron chi connectivity index (χ1n) is 15.5. The Labute approximate surface area is 281 Å². The van der Waals surface area contributed by atoms with Gasteiger partial charge in [0, 0.05) is 44.1 Å². The lowest BCUT2D eigenvalue weighted by Gasteiger charge is -2.40. The first kappa shape index (κ1) is 32.8. The molecule has 11 nitrogen and oxygen atoms in total. The van der Waals surface area contributed by atoms with E-state index in [1.165, 1.54) is 36.6 Å². The van der Waals surface area contributed by atoms with Crippen LogP contribution in [-0.2, 0) is 11.3 Å². The average molecular weight is 675 g/mol. The SMILES string of the molecule is COc1ccc2cc1Oc1cc(F)cc(c1)CNC(=O)C1(CCN(C(=O)c3sc(C)nc3C)CC1)Oc1ccc(cc1)OCCNC2=O. The van der Waals surface area contributed by atoms with E-state index in [1.807, 2.05) is 13.8 Å². The van der Waals surface area contributed by atoms with Crippen LogP contribution >= 0.6 is 11.3 Å². The molecule has 0 aliphatic carbocycles. The number of nitrogens with one attached hydrogen (secondary N) is 2. The van der Waals surface area contributed by atoms with E-state index in [4.69, 9.17) is 18.9 Å². The van der Waals surface area contributed by atoms with Gasteiger partial charge in [-0.1, -0.05) is 0 Å². The van der Waals surface area contributed by atoms with Gasteiger partial charge < -0.3 is 34.5 Å². The fourth-order valence-corrected chi connectivity index (χ4v) is 6.62. The average Bonchev–Trinajstić information content (AvgIpc) is 3.42. The number of nitrogens with zero attached hydrogens (tertiary/aromatic N) is 2. The number of rotatable bonds is 2. The van der Waals surface area contributed by atoms with Crippen LogP contribution < -0.4 is 29.6 Å². The summed E-state index contributed by atoms with van der Waals surface area (Å²) in [6.07, 6.45) is 0.458. The number of carbonyl (C=O) groups excluding carboxylic acids is 3. The lowest BCUT2D eigenvalue weighted by molar-refractivity contribution is -0.141. The summed E-state index contributed by atoms with van der Waals surface area (Å²) in [5, 5.41) is 6.55. The third-order valence-electron chi connectivity index (χ3n) is 8.20. The minimum absolute atomic E-state index is 0.0214. The van der Waals surface area contributed by atoms with Crippen LogP contribution in [0.15, 0.2) is 60.7 Å². The highest BCUT2D eigenvalue weighted by molar-refractivity contribution is 7.13. The van der Waals surface area contributed by atoms with Crippen LogP contribution in [0.5, 0.6) is 28.7 Å². The summed E-state index contributed by atoms with van der Waals surface area (Å²) in [7, 11) is 1.46. The Morgan fingerprint density at radius 2 is 1.73 bits per heavy atom. The second-order valence-electron chi connectivity index (χ2n) is 11.6. The Kier molecular flexibility index (Phi) is 9.49. The standard InChI is InChI=1S/C35H35FN4O7S/c1-21-31(48-22(2)39-21)33(42)40-13-10-35(11-14-40)34(43)38-20-23-16-25(36)19-28(17-23)46-30-18-24(4-9-29(30)44-3)32(41)37-12-15-45-26-5-7-27(47-35)8-6-26/h4-9,16-19H,10-15,20H2,1-3H3,(H,37,41)(H,38,43). The summed E-state index contributed by atoms with van der Waals surface area (Å²) in [5.74, 6) is 0.275. The molecule has 48 heavy (non-hydrogen) atoms. The number of methoxy groups -OCH3 is 1. The number of thiazole rings is 1. The Morgan fingerprint density at radius 3 is 2.44 bits per heavy atom. The molecule has 3 aliphatic heterocycles. The van der Waals surface area contributed by atoms with Gasteiger partial charge in [-0.3, -0.25) is 14.4 Å². The second kappa shape index (κ2) is 13.9. The van der Waals surface area contributed by atoms with Crippen molar-refractivity contribution in [2.24, 2.45) is 0 Å². The molecular formula is C35H35FN4O7S. The van der Waals surface area contributed by atoms with E-state index < -0.39 is 17.3 Å². The summed E-state index contributed by atoms with van der Waals surface area (Å²) in [6, 6.07) is 15.7.